The molecule has 0 aromatic heterocycles. The zero-order valence-electron chi connectivity index (χ0n) is 6.85. The van der Waals surface area contributed by atoms with Crippen LogP contribution >= 0.6 is 0 Å². The quantitative estimate of drug-likeness (QED) is 0.570. The van der Waals surface area contributed by atoms with Crippen LogP contribution in [0.5, 0.6) is 0 Å². The fourth-order valence-electron chi connectivity index (χ4n) is 1.00. The summed E-state index contributed by atoms with van der Waals surface area (Å²) in [5.74, 6) is -0.0373. The largest absolute Gasteiger partial charge is 0.464 e. The number of hydrogen-bond acceptors (Lipinski definition) is 3. The highest BCUT2D eigenvalue weighted by molar-refractivity contribution is 5.82. The molecule has 0 aliphatic carbocycles. The summed E-state index contributed by atoms with van der Waals surface area (Å²) in [5, 5.41) is 0. The van der Waals surface area contributed by atoms with Crippen LogP contribution in [0.25, 0.3) is 0 Å². The van der Waals surface area contributed by atoms with Crippen LogP contribution < -0.4 is 0 Å². The van der Waals surface area contributed by atoms with Gasteiger partial charge in [0.05, 0.1) is 5.41 Å². The summed E-state index contributed by atoms with van der Waals surface area (Å²) >= 11 is 0. The highest BCUT2D eigenvalue weighted by Crippen LogP contribution is 2.33. The van der Waals surface area contributed by atoms with E-state index in [0.717, 1.165) is 0 Å². The lowest BCUT2D eigenvalue weighted by Crippen LogP contribution is -2.45. The summed E-state index contributed by atoms with van der Waals surface area (Å²) in [5.41, 5.74) is -0.369. The molecule has 1 fully saturated rings. The predicted molar refractivity (Wildman–Crippen MR) is 39.0 cm³/mol. The molecule has 1 rings (SSSR count). The van der Waals surface area contributed by atoms with Gasteiger partial charge in [-0.3, -0.25) is 4.79 Å². The summed E-state index contributed by atoms with van der Waals surface area (Å²) in [7, 11) is 0. The fourth-order valence-corrected chi connectivity index (χ4v) is 1.00. The van der Waals surface area contributed by atoms with Crippen molar-refractivity contribution in [3.63, 3.8) is 0 Å². The third-order valence-electron chi connectivity index (χ3n) is 2.04. The Morgan fingerprint density at radius 2 is 2.36 bits per heavy atom. The topological polar surface area (TPSA) is 43.4 Å². The molecule has 0 aromatic rings. The number of ether oxygens (including phenoxy) is 1. The lowest BCUT2D eigenvalue weighted by atomic mass is 9.82. The molecule has 0 N–H and O–H groups in total. The first kappa shape index (κ1) is 8.24. The van der Waals surface area contributed by atoms with E-state index in [-0.39, 0.29) is 17.2 Å². The Labute approximate surface area is 65.7 Å². The van der Waals surface area contributed by atoms with E-state index in [0.29, 0.717) is 19.4 Å². The van der Waals surface area contributed by atoms with E-state index in [9.17, 15) is 9.59 Å². The highest BCUT2D eigenvalue weighted by atomic mass is 16.6. The predicted octanol–water partition coefficient (Wildman–Crippen LogP) is 0.919. The van der Waals surface area contributed by atoms with E-state index >= 15 is 0 Å². The van der Waals surface area contributed by atoms with Crippen LogP contribution in [0.15, 0.2) is 0 Å². The second-order valence-electron chi connectivity index (χ2n) is 3.34. The minimum absolute atomic E-state index is 0.130. The van der Waals surface area contributed by atoms with Gasteiger partial charge in [0.1, 0.15) is 12.4 Å². The van der Waals surface area contributed by atoms with Crippen molar-refractivity contribution in [2.24, 2.45) is 5.41 Å². The smallest absolute Gasteiger partial charge is 0.315 e. The average molecular weight is 156 g/mol. The van der Waals surface area contributed by atoms with Crippen molar-refractivity contribution in [2.75, 3.05) is 6.61 Å². The summed E-state index contributed by atoms with van der Waals surface area (Å²) in [4.78, 5) is 21.4. The van der Waals surface area contributed by atoms with Crippen LogP contribution in [-0.4, -0.2) is 18.4 Å². The highest BCUT2D eigenvalue weighted by Gasteiger charge is 2.44. The standard InChI is InChI=1S/C8H12O3/c1-6(9)3-4-8(2)5-11-7(8)10/h3-5H2,1-2H3. The SMILES string of the molecule is CC(=O)CCC1(C)COC1=O. The first-order valence-electron chi connectivity index (χ1n) is 3.71. The molecule has 1 aliphatic rings. The number of ketones is 1. The molecule has 0 bridgehead atoms. The molecule has 0 saturated carbocycles. The number of carbonyl (C=O) groups excluding carboxylic acids is 2. The number of rotatable bonds is 3. The number of hydrogen-bond donors (Lipinski definition) is 0. The molecule has 3 heteroatoms. The summed E-state index contributed by atoms with van der Waals surface area (Å²) < 4.78 is 4.63. The third kappa shape index (κ3) is 1.59. The Balaban J connectivity index is 2.36. The second kappa shape index (κ2) is 2.64. The van der Waals surface area contributed by atoms with Gasteiger partial charge >= 0.3 is 5.97 Å². The van der Waals surface area contributed by atoms with Crippen LogP contribution in [0, 0.1) is 5.41 Å². The first-order chi connectivity index (χ1) is 5.04. The summed E-state index contributed by atoms with van der Waals surface area (Å²) in [6.45, 7) is 3.84. The lowest BCUT2D eigenvalue weighted by Gasteiger charge is -2.35. The number of Topliss-reactive ketones (excluding diaryl/α,β-unsaturated/α-hetero) is 1. The van der Waals surface area contributed by atoms with E-state index in [1.165, 1.54) is 6.92 Å². The molecule has 0 amide bonds. The van der Waals surface area contributed by atoms with Gasteiger partial charge in [0.25, 0.3) is 0 Å². The van der Waals surface area contributed by atoms with Gasteiger partial charge in [0.15, 0.2) is 0 Å². The van der Waals surface area contributed by atoms with E-state index in [4.69, 9.17) is 0 Å². The molecule has 0 spiro atoms. The first-order valence-corrected chi connectivity index (χ1v) is 3.71. The van der Waals surface area contributed by atoms with Crippen LogP contribution in [-0.2, 0) is 14.3 Å². The zero-order chi connectivity index (χ0) is 8.48. The number of esters is 1. The van der Waals surface area contributed by atoms with Crippen LogP contribution in [0.4, 0.5) is 0 Å². The lowest BCUT2D eigenvalue weighted by molar-refractivity contribution is -0.183. The van der Waals surface area contributed by atoms with Crippen molar-refractivity contribution in [3.8, 4) is 0 Å². The Morgan fingerprint density at radius 1 is 1.73 bits per heavy atom. The van der Waals surface area contributed by atoms with E-state index in [1.807, 2.05) is 6.92 Å². The van der Waals surface area contributed by atoms with Crippen molar-refractivity contribution in [2.45, 2.75) is 26.7 Å². The fraction of sp³-hybridized carbons (Fsp3) is 0.750. The minimum atomic E-state index is -0.369. The van der Waals surface area contributed by atoms with E-state index in [2.05, 4.69) is 4.74 Å². The molecule has 11 heavy (non-hydrogen) atoms. The zero-order valence-corrected chi connectivity index (χ0v) is 6.85. The summed E-state index contributed by atoms with van der Waals surface area (Å²) in [6, 6.07) is 0. The van der Waals surface area contributed by atoms with Crippen LogP contribution in [0.1, 0.15) is 26.7 Å². The minimum Gasteiger partial charge on any atom is -0.464 e. The van der Waals surface area contributed by atoms with E-state index < -0.39 is 0 Å². The normalized spacial score (nSPS) is 29.1. The number of cyclic esters (lactones) is 1. The average Bonchev–Trinajstić information content (AvgIpc) is 1.97. The van der Waals surface area contributed by atoms with Gasteiger partial charge < -0.3 is 9.53 Å². The van der Waals surface area contributed by atoms with Gasteiger partial charge in [-0.25, -0.2) is 0 Å². The number of carbonyl (C=O) groups is 2. The van der Waals surface area contributed by atoms with Gasteiger partial charge in [-0.15, -0.1) is 0 Å². The van der Waals surface area contributed by atoms with Crippen LogP contribution in [0.3, 0.4) is 0 Å². The Kier molecular flexibility index (Phi) is 1.98. The maximum absolute atomic E-state index is 10.8. The summed E-state index contributed by atoms with van der Waals surface area (Å²) in [6.07, 6.45) is 1.10. The molecule has 3 nitrogen and oxygen atoms in total. The van der Waals surface area contributed by atoms with Crippen molar-refractivity contribution < 1.29 is 14.3 Å². The van der Waals surface area contributed by atoms with Gasteiger partial charge in [-0.2, -0.15) is 0 Å². The maximum atomic E-state index is 10.8. The molecule has 0 radical (unpaired) electrons. The molecule has 1 saturated heterocycles. The van der Waals surface area contributed by atoms with Crippen molar-refractivity contribution >= 4 is 11.8 Å². The Bertz CT molecular complexity index is 198. The van der Waals surface area contributed by atoms with Gasteiger partial charge in [0, 0.05) is 6.42 Å². The second-order valence-corrected chi connectivity index (χ2v) is 3.34. The molecule has 1 heterocycles. The van der Waals surface area contributed by atoms with Gasteiger partial charge in [-0.1, -0.05) is 0 Å². The molecular formula is C8H12O3. The van der Waals surface area contributed by atoms with Crippen molar-refractivity contribution in [1.29, 1.82) is 0 Å². The molecule has 1 atom stereocenters. The van der Waals surface area contributed by atoms with Gasteiger partial charge in [-0.05, 0) is 20.3 Å². The Morgan fingerprint density at radius 3 is 2.64 bits per heavy atom. The van der Waals surface area contributed by atoms with Gasteiger partial charge in [0.2, 0.25) is 0 Å². The molecular weight excluding hydrogens is 144 g/mol. The third-order valence-corrected chi connectivity index (χ3v) is 2.04. The molecule has 0 aromatic carbocycles. The Hall–Kier alpha value is -0.860. The maximum Gasteiger partial charge on any atom is 0.315 e. The van der Waals surface area contributed by atoms with Crippen LogP contribution in [0.2, 0.25) is 0 Å². The van der Waals surface area contributed by atoms with E-state index in [1.54, 1.807) is 0 Å². The van der Waals surface area contributed by atoms with Crippen molar-refractivity contribution in [1.82, 2.24) is 0 Å². The molecule has 1 unspecified atom stereocenters. The monoisotopic (exact) mass is 156 g/mol. The molecule has 1 aliphatic heterocycles. The van der Waals surface area contributed by atoms with Crippen molar-refractivity contribution in [3.05, 3.63) is 0 Å². The molecule has 62 valence electrons.